The van der Waals surface area contributed by atoms with Crippen molar-refractivity contribution in [3.05, 3.63) is 45.8 Å². The Morgan fingerprint density at radius 1 is 1.43 bits per heavy atom. The van der Waals surface area contributed by atoms with Gasteiger partial charge in [-0.2, -0.15) is 10.4 Å². The summed E-state index contributed by atoms with van der Waals surface area (Å²) >= 11 is 1.63. The van der Waals surface area contributed by atoms with Crippen LogP contribution >= 0.6 is 11.3 Å². The van der Waals surface area contributed by atoms with Crippen LogP contribution in [0.5, 0.6) is 0 Å². The Kier molecular flexibility index (Phi) is 3.91. The van der Waals surface area contributed by atoms with Gasteiger partial charge in [-0.15, -0.1) is 11.3 Å². The van der Waals surface area contributed by atoms with Crippen molar-refractivity contribution < 1.29 is 0 Å². The maximum Gasteiger partial charge on any atom is 0.261 e. The molecule has 8 heteroatoms. The van der Waals surface area contributed by atoms with E-state index in [1.807, 2.05) is 35.9 Å². The number of benzene rings is 1. The minimum absolute atomic E-state index is 0.00326. The van der Waals surface area contributed by atoms with E-state index in [1.165, 1.54) is 0 Å². The smallest absolute Gasteiger partial charge is 0.261 e. The predicted molar refractivity (Wildman–Crippen MR) is 110 cm³/mol. The fraction of sp³-hybridized carbons (Fsp3) is 0.300. The van der Waals surface area contributed by atoms with Crippen molar-refractivity contribution in [1.82, 2.24) is 19.7 Å². The number of fused-ring (bicyclic) bond motifs is 2. The third-order valence-electron chi connectivity index (χ3n) is 5.17. The van der Waals surface area contributed by atoms with Crippen LogP contribution in [0.4, 0.5) is 11.5 Å². The van der Waals surface area contributed by atoms with Crippen LogP contribution in [0, 0.1) is 24.2 Å². The number of nitriles is 1. The largest absolute Gasteiger partial charge is 0.338 e. The Balaban J connectivity index is 1.62. The lowest BCUT2D eigenvalue weighted by atomic mass is 10.1. The van der Waals surface area contributed by atoms with E-state index in [1.54, 1.807) is 17.5 Å². The summed E-state index contributed by atoms with van der Waals surface area (Å²) in [5, 5.41) is 18.8. The fourth-order valence-corrected chi connectivity index (χ4v) is 4.59. The lowest BCUT2D eigenvalue weighted by Gasteiger charge is -2.14. The number of aromatic nitrogens is 4. The first-order valence-electron chi connectivity index (χ1n) is 9.25. The molecule has 0 amide bonds. The number of hydrogen-bond donors (Lipinski definition) is 2. The molecule has 1 aliphatic rings. The first kappa shape index (κ1) is 17.0. The number of H-pyrrole nitrogens is 1. The van der Waals surface area contributed by atoms with Crippen molar-refractivity contribution in [2.75, 3.05) is 5.32 Å². The average molecular weight is 390 g/mol. The molecule has 0 spiro atoms. The zero-order valence-electron chi connectivity index (χ0n) is 15.3. The second kappa shape index (κ2) is 6.46. The number of pyridine rings is 1. The molecule has 1 fully saturated rings. The highest BCUT2D eigenvalue weighted by atomic mass is 32.1. The molecular formula is C20H18N6OS. The van der Waals surface area contributed by atoms with Crippen LogP contribution in [-0.4, -0.2) is 19.7 Å². The lowest BCUT2D eigenvalue weighted by Crippen LogP contribution is -2.13. The summed E-state index contributed by atoms with van der Waals surface area (Å²) in [6, 6.07) is 10.1. The van der Waals surface area contributed by atoms with Crippen molar-refractivity contribution in [1.29, 1.82) is 5.26 Å². The van der Waals surface area contributed by atoms with E-state index in [2.05, 4.69) is 21.4 Å². The van der Waals surface area contributed by atoms with Gasteiger partial charge in [-0.3, -0.25) is 9.48 Å². The number of hydrogen-bond acceptors (Lipinski definition) is 6. The van der Waals surface area contributed by atoms with Gasteiger partial charge in [0, 0.05) is 11.9 Å². The summed E-state index contributed by atoms with van der Waals surface area (Å²) in [6.07, 6.45) is 4.22. The number of anilines is 2. The van der Waals surface area contributed by atoms with Gasteiger partial charge in [0.25, 0.3) is 5.56 Å². The number of aromatic amines is 1. The second-order valence-corrected chi connectivity index (χ2v) is 8.40. The Bertz CT molecular complexity index is 1290. The molecule has 1 unspecified atom stereocenters. The van der Waals surface area contributed by atoms with Gasteiger partial charge in [-0.05, 0) is 49.9 Å². The summed E-state index contributed by atoms with van der Waals surface area (Å²) in [4.78, 5) is 19.8. The van der Waals surface area contributed by atoms with Gasteiger partial charge in [0.05, 0.1) is 39.3 Å². The zero-order chi connectivity index (χ0) is 19.3. The third kappa shape index (κ3) is 2.84. The van der Waals surface area contributed by atoms with Gasteiger partial charge in [-0.1, -0.05) is 0 Å². The van der Waals surface area contributed by atoms with Crippen LogP contribution in [-0.2, 0) is 0 Å². The molecule has 1 atom stereocenters. The molecule has 1 aromatic carbocycles. The number of nitrogens with zero attached hydrogens (tertiary/aromatic N) is 4. The molecule has 140 valence electrons. The standard InChI is InChI=1S/C20H18N6OS/c1-11-23-14-5-4-13(10-17(14)28-11)24-19-18-16(7-9-22-20(18)27)26(25-19)15(6-8-21)12-2-3-12/h4-5,7,9-10,12,15H,2-3,6H2,1H3,(H,22,27)(H,24,25). The van der Waals surface area contributed by atoms with Crippen LogP contribution in [0.1, 0.15) is 30.3 Å². The van der Waals surface area contributed by atoms with Crippen LogP contribution in [0.3, 0.4) is 0 Å². The summed E-state index contributed by atoms with van der Waals surface area (Å²) < 4.78 is 2.95. The van der Waals surface area contributed by atoms with E-state index >= 15 is 0 Å². The highest BCUT2D eigenvalue weighted by Gasteiger charge is 2.34. The summed E-state index contributed by atoms with van der Waals surface area (Å²) in [6.45, 7) is 1.99. The molecule has 0 bridgehead atoms. The summed E-state index contributed by atoms with van der Waals surface area (Å²) in [5.41, 5.74) is 2.39. The first-order valence-corrected chi connectivity index (χ1v) is 10.1. The molecule has 4 aromatic rings. The van der Waals surface area contributed by atoms with Crippen LogP contribution in [0.25, 0.3) is 21.1 Å². The molecule has 0 saturated heterocycles. The molecule has 1 saturated carbocycles. The Morgan fingerprint density at radius 2 is 2.29 bits per heavy atom. The maximum atomic E-state index is 12.6. The molecule has 1 aliphatic carbocycles. The normalized spacial score (nSPS) is 15.0. The summed E-state index contributed by atoms with van der Waals surface area (Å²) in [7, 11) is 0. The van der Waals surface area contributed by atoms with Gasteiger partial charge in [-0.25, -0.2) is 4.98 Å². The van der Waals surface area contributed by atoms with E-state index in [0.717, 1.165) is 39.3 Å². The molecular weight excluding hydrogens is 372 g/mol. The van der Waals surface area contributed by atoms with Crippen LogP contribution in [0.15, 0.2) is 35.3 Å². The zero-order valence-corrected chi connectivity index (χ0v) is 16.1. The lowest BCUT2D eigenvalue weighted by molar-refractivity contribution is 0.426. The average Bonchev–Trinajstić information content (AvgIpc) is 3.35. The number of nitrogens with one attached hydrogen (secondary N) is 2. The van der Waals surface area contributed by atoms with Crippen molar-refractivity contribution in [2.45, 2.75) is 32.2 Å². The van der Waals surface area contributed by atoms with E-state index in [0.29, 0.717) is 23.5 Å². The van der Waals surface area contributed by atoms with Gasteiger partial charge in [0.15, 0.2) is 5.82 Å². The van der Waals surface area contributed by atoms with E-state index in [4.69, 9.17) is 5.10 Å². The molecule has 2 N–H and O–H groups in total. The first-order chi connectivity index (χ1) is 13.6. The molecule has 28 heavy (non-hydrogen) atoms. The maximum absolute atomic E-state index is 12.6. The monoisotopic (exact) mass is 390 g/mol. The highest BCUT2D eigenvalue weighted by Crippen LogP contribution is 2.43. The minimum Gasteiger partial charge on any atom is -0.338 e. The number of rotatable bonds is 5. The van der Waals surface area contributed by atoms with Gasteiger partial charge >= 0.3 is 0 Å². The molecule has 0 radical (unpaired) electrons. The van der Waals surface area contributed by atoms with Crippen LogP contribution in [0.2, 0.25) is 0 Å². The fourth-order valence-electron chi connectivity index (χ4n) is 3.72. The number of thiazole rings is 1. The van der Waals surface area contributed by atoms with Crippen molar-refractivity contribution in [3.8, 4) is 6.07 Å². The Labute approximate surface area is 164 Å². The molecule has 5 rings (SSSR count). The van der Waals surface area contributed by atoms with Crippen molar-refractivity contribution in [3.63, 3.8) is 0 Å². The second-order valence-electron chi connectivity index (χ2n) is 7.17. The Hall–Kier alpha value is -3.18. The molecule has 7 nitrogen and oxygen atoms in total. The number of aryl methyl sites for hydroxylation is 1. The molecule has 3 aromatic heterocycles. The SMILES string of the molecule is Cc1nc2ccc(Nc3nn(C(CC#N)C4CC4)c4cc[nH]c(=O)c34)cc2s1. The highest BCUT2D eigenvalue weighted by molar-refractivity contribution is 7.18. The van der Waals surface area contributed by atoms with Crippen molar-refractivity contribution in [2.24, 2.45) is 5.92 Å². The van der Waals surface area contributed by atoms with Crippen molar-refractivity contribution >= 4 is 44.0 Å². The molecule has 0 aliphatic heterocycles. The van der Waals surface area contributed by atoms with Gasteiger partial charge in [0.1, 0.15) is 5.39 Å². The third-order valence-corrected chi connectivity index (χ3v) is 6.10. The minimum atomic E-state index is -0.188. The summed E-state index contributed by atoms with van der Waals surface area (Å²) in [5.74, 6) is 0.965. The Morgan fingerprint density at radius 3 is 3.07 bits per heavy atom. The predicted octanol–water partition coefficient (Wildman–Crippen LogP) is 4.25. The van der Waals surface area contributed by atoms with Gasteiger partial charge in [0.2, 0.25) is 0 Å². The van der Waals surface area contributed by atoms with Crippen LogP contribution < -0.4 is 10.9 Å². The quantitative estimate of drug-likeness (QED) is 0.531. The topological polar surface area (TPSA) is 99.4 Å². The van der Waals surface area contributed by atoms with E-state index in [-0.39, 0.29) is 11.6 Å². The van der Waals surface area contributed by atoms with E-state index in [9.17, 15) is 10.1 Å². The molecule has 3 heterocycles. The van der Waals surface area contributed by atoms with E-state index < -0.39 is 0 Å². The van der Waals surface area contributed by atoms with Gasteiger partial charge < -0.3 is 10.3 Å².